The van der Waals surface area contributed by atoms with E-state index < -0.39 is 0 Å². The van der Waals surface area contributed by atoms with Crippen LogP contribution in [0.5, 0.6) is 0 Å². The van der Waals surface area contributed by atoms with Gasteiger partial charge >= 0.3 is 0 Å². The van der Waals surface area contributed by atoms with E-state index in [1.807, 2.05) is 20.2 Å². The second-order valence-corrected chi connectivity index (χ2v) is 5.29. The van der Waals surface area contributed by atoms with E-state index in [1.54, 1.807) is 11.3 Å². The third-order valence-corrected chi connectivity index (χ3v) is 3.95. The lowest BCUT2D eigenvalue weighted by atomic mass is 9.95. The smallest absolute Gasteiger partial charge is 0.0956 e. The van der Waals surface area contributed by atoms with Crippen molar-refractivity contribution < 1.29 is 0 Å². The Kier molecular flexibility index (Phi) is 2.10. The fourth-order valence-corrected chi connectivity index (χ4v) is 2.82. The summed E-state index contributed by atoms with van der Waals surface area (Å²) in [5.41, 5.74) is 1.22. The van der Waals surface area contributed by atoms with Gasteiger partial charge in [-0.05, 0) is 20.8 Å². The van der Waals surface area contributed by atoms with Crippen LogP contribution in [0.1, 0.15) is 30.2 Å². The molecule has 1 aliphatic rings. The van der Waals surface area contributed by atoms with Crippen molar-refractivity contribution in [3.8, 4) is 0 Å². The molecule has 4 heteroatoms. The second kappa shape index (κ2) is 3.05. The van der Waals surface area contributed by atoms with Gasteiger partial charge in [0, 0.05) is 25.4 Å². The van der Waals surface area contributed by atoms with Crippen molar-refractivity contribution in [3.63, 3.8) is 0 Å². The van der Waals surface area contributed by atoms with E-state index in [0.717, 1.165) is 11.4 Å². The van der Waals surface area contributed by atoms with Gasteiger partial charge in [0.05, 0.1) is 15.4 Å². The SMILES string of the molecule is CC1=NN(C)C(C)(c2cnc(C)s2)C1. The molecule has 0 aromatic carbocycles. The molecule has 1 aromatic heterocycles. The van der Waals surface area contributed by atoms with E-state index in [-0.39, 0.29) is 5.54 Å². The fraction of sp³-hybridized carbons (Fsp3) is 0.600. The van der Waals surface area contributed by atoms with Gasteiger partial charge < -0.3 is 0 Å². The van der Waals surface area contributed by atoms with Crippen molar-refractivity contribution in [3.05, 3.63) is 16.1 Å². The molecule has 0 N–H and O–H groups in total. The summed E-state index contributed by atoms with van der Waals surface area (Å²) >= 11 is 1.76. The zero-order chi connectivity index (χ0) is 10.3. The number of hydrogen-bond donors (Lipinski definition) is 0. The maximum Gasteiger partial charge on any atom is 0.0956 e. The minimum Gasteiger partial charge on any atom is -0.289 e. The van der Waals surface area contributed by atoms with Gasteiger partial charge in [-0.3, -0.25) is 5.01 Å². The summed E-state index contributed by atoms with van der Waals surface area (Å²) in [5, 5.41) is 7.63. The zero-order valence-electron chi connectivity index (χ0n) is 9.03. The number of rotatable bonds is 1. The molecular weight excluding hydrogens is 194 g/mol. The molecule has 2 rings (SSSR count). The van der Waals surface area contributed by atoms with Crippen LogP contribution >= 0.6 is 11.3 Å². The molecule has 0 saturated carbocycles. The Morgan fingerprint density at radius 1 is 1.50 bits per heavy atom. The number of thiazole rings is 1. The lowest BCUT2D eigenvalue weighted by Gasteiger charge is -2.29. The maximum absolute atomic E-state index is 4.46. The molecule has 1 aliphatic heterocycles. The fourth-order valence-electron chi connectivity index (χ4n) is 1.87. The number of aryl methyl sites for hydroxylation is 1. The highest BCUT2D eigenvalue weighted by Crippen LogP contribution is 2.38. The van der Waals surface area contributed by atoms with Crippen molar-refractivity contribution in [1.29, 1.82) is 0 Å². The largest absolute Gasteiger partial charge is 0.289 e. The van der Waals surface area contributed by atoms with Crippen LogP contribution in [0.2, 0.25) is 0 Å². The average molecular weight is 209 g/mol. The summed E-state index contributed by atoms with van der Waals surface area (Å²) in [4.78, 5) is 5.61. The van der Waals surface area contributed by atoms with E-state index >= 15 is 0 Å². The average Bonchev–Trinajstić information content (AvgIpc) is 2.59. The highest BCUT2D eigenvalue weighted by atomic mass is 32.1. The minimum atomic E-state index is 0.0238. The van der Waals surface area contributed by atoms with Gasteiger partial charge in [-0.2, -0.15) is 5.10 Å². The third kappa shape index (κ3) is 1.34. The molecule has 0 spiro atoms. The van der Waals surface area contributed by atoms with E-state index in [4.69, 9.17) is 0 Å². The molecule has 0 aliphatic carbocycles. The molecular formula is C10H15N3S. The summed E-state index contributed by atoms with van der Waals surface area (Å²) in [6, 6.07) is 0. The maximum atomic E-state index is 4.46. The molecule has 1 unspecified atom stereocenters. The number of hydrogen-bond acceptors (Lipinski definition) is 4. The van der Waals surface area contributed by atoms with E-state index in [0.29, 0.717) is 0 Å². The van der Waals surface area contributed by atoms with Gasteiger partial charge in [0.2, 0.25) is 0 Å². The first-order valence-corrected chi connectivity index (χ1v) is 5.55. The molecule has 1 aromatic rings. The predicted molar refractivity (Wildman–Crippen MR) is 59.7 cm³/mol. The third-order valence-electron chi connectivity index (χ3n) is 2.79. The van der Waals surface area contributed by atoms with Gasteiger partial charge in [0.15, 0.2) is 0 Å². The molecule has 76 valence electrons. The molecule has 14 heavy (non-hydrogen) atoms. The van der Waals surface area contributed by atoms with Gasteiger partial charge in [-0.15, -0.1) is 11.3 Å². The first-order valence-electron chi connectivity index (χ1n) is 4.73. The van der Waals surface area contributed by atoms with Crippen LogP contribution in [0.25, 0.3) is 0 Å². The Balaban J connectivity index is 2.35. The van der Waals surface area contributed by atoms with Crippen LogP contribution in [0.15, 0.2) is 11.3 Å². The minimum absolute atomic E-state index is 0.0238. The van der Waals surface area contributed by atoms with Crippen molar-refractivity contribution >= 4 is 17.0 Å². The second-order valence-electron chi connectivity index (χ2n) is 4.05. The monoisotopic (exact) mass is 209 g/mol. The standard InChI is InChI=1S/C10H15N3S/c1-7-5-10(3,13(4)12-7)9-6-11-8(2)14-9/h6H,5H2,1-4H3. The van der Waals surface area contributed by atoms with Crippen LogP contribution in [0.3, 0.4) is 0 Å². The van der Waals surface area contributed by atoms with Crippen molar-refractivity contribution in [1.82, 2.24) is 9.99 Å². The lowest BCUT2D eigenvalue weighted by Crippen LogP contribution is -2.33. The Morgan fingerprint density at radius 3 is 2.64 bits per heavy atom. The number of hydrazone groups is 1. The molecule has 1 atom stereocenters. The van der Waals surface area contributed by atoms with Crippen LogP contribution < -0.4 is 0 Å². The normalized spacial score (nSPS) is 26.9. The lowest BCUT2D eigenvalue weighted by molar-refractivity contribution is 0.178. The molecule has 2 heterocycles. The quantitative estimate of drug-likeness (QED) is 0.710. The highest BCUT2D eigenvalue weighted by molar-refractivity contribution is 7.11. The Labute approximate surface area is 88.5 Å². The van der Waals surface area contributed by atoms with E-state index in [1.165, 1.54) is 10.6 Å². The first kappa shape index (κ1) is 9.65. The summed E-state index contributed by atoms with van der Waals surface area (Å²) in [7, 11) is 2.03. The topological polar surface area (TPSA) is 28.5 Å². The number of aromatic nitrogens is 1. The van der Waals surface area contributed by atoms with E-state index in [2.05, 4.69) is 28.9 Å². The van der Waals surface area contributed by atoms with Gasteiger partial charge in [0.25, 0.3) is 0 Å². The Bertz CT molecular complexity index is 382. The predicted octanol–water partition coefficient (Wildman–Crippen LogP) is 2.38. The van der Waals surface area contributed by atoms with Crippen molar-refractivity contribution in [2.24, 2.45) is 5.10 Å². The number of nitrogens with zero attached hydrogens (tertiary/aromatic N) is 3. The Morgan fingerprint density at radius 2 is 2.21 bits per heavy atom. The van der Waals surface area contributed by atoms with Crippen LogP contribution in [-0.4, -0.2) is 22.8 Å². The molecule has 0 bridgehead atoms. The van der Waals surface area contributed by atoms with Crippen molar-refractivity contribution in [2.75, 3.05) is 7.05 Å². The summed E-state index contributed by atoms with van der Waals surface area (Å²) in [6.07, 6.45) is 2.98. The summed E-state index contributed by atoms with van der Waals surface area (Å²) < 4.78 is 0. The summed E-state index contributed by atoms with van der Waals surface area (Å²) in [5.74, 6) is 0. The molecule has 0 saturated heterocycles. The van der Waals surface area contributed by atoms with Gasteiger partial charge in [-0.1, -0.05) is 0 Å². The van der Waals surface area contributed by atoms with Crippen molar-refractivity contribution in [2.45, 2.75) is 32.7 Å². The summed E-state index contributed by atoms with van der Waals surface area (Å²) in [6.45, 7) is 6.34. The molecule has 0 amide bonds. The van der Waals surface area contributed by atoms with E-state index in [9.17, 15) is 0 Å². The Hall–Kier alpha value is -0.900. The van der Waals surface area contributed by atoms with Crippen LogP contribution in [-0.2, 0) is 5.54 Å². The highest BCUT2D eigenvalue weighted by Gasteiger charge is 2.37. The zero-order valence-corrected chi connectivity index (χ0v) is 9.85. The van der Waals surface area contributed by atoms with Gasteiger partial charge in [0.1, 0.15) is 0 Å². The van der Waals surface area contributed by atoms with Gasteiger partial charge in [-0.25, -0.2) is 4.98 Å². The van der Waals surface area contributed by atoms with Crippen LogP contribution in [0, 0.1) is 6.92 Å². The first-order chi connectivity index (χ1) is 6.52. The molecule has 3 nitrogen and oxygen atoms in total. The molecule has 0 radical (unpaired) electrons. The van der Waals surface area contributed by atoms with Crippen LogP contribution in [0.4, 0.5) is 0 Å². The molecule has 0 fully saturated rings.